The number of rotatable bonds is 1. The van der Waals surface area contributed by atoms with Crippen molar-refractivity contribution in [3.8, 4) is 0 Å². The predicted molar refractivity (Wildman–Crippen MR) is 57.4 cm³/mol. The molecule has 1 spiro atoms. The summed E-state index contributed by atoms with van der Waals surface area (Å²) in [5.74, 6) is 1.72. The normalized spacial score (nSPS) is 37.0. The van der Waals surface area contributed by atoms with Crippen molar-refractivity contribution in [1.29, 1.82) is 0 Å². The summed E-state index contributed by atoms with van der Waals surface area (Å²) < 4.78 is 0. The van der Waals surface area contributed by atoms with Crippen LogP contribution in [0.1, 0.15) is 32.6 Å². The van der Waals surface area contributed by atoms with Crippen LogP contribution in [0, 0.1) is 11.3 Å². The predicted octanol–water partition coefficient (Wildman–Crippen LogP) is 2.26. The van der Waals surface area contributed by atoms with Crippen molar-refractivity contribution in [1.82, 2.24) is 4.90 Å². The van der Waals surface area contributed by atoms with Gasteiger partial charge in [-0.15, -0.1) is 11.6 Å². The van der Waals surface area contributed by atoms with E-state index >= 15 is 0 Å². The zero-order chi connectivity index (χ0) is 10.2. The molecule has 0 unspecified atom stereocenters. The Morgan fingerprint density at radius 3 is 2.86 bits per heavy atom. The largest absolute Gasteiger partial charge is 0.342 e. The van der Waals surface area contributed by atoms with Gasteiger partial charge in [-0.05, 0) is 37.0 Å². The van der Waals surface area contributed by atoms with Crippen LogP contribution in [-0.4, -0.2) is 29.8 Å². The standard InChI is InChI=1S/C11H18ClNO/c1-9(14)13-5-4-11(8-13)3-2-10(6-11)7-12/h10H,2-8H2,1H3/t10-,11+/m1/s1. The van der Waals surface area contributed by atoms with Gasteiger partial charge in [0, 0.05) is 25.9 Å². The van der Waals surface area contributed by atoms with Crippen molar-refractivity contribution in [3.05, 3.63) is 0 Å². The van der Waals surface area contributed by atoms with E-state index < -0.39 is 0 Å². The van der Waals surface area contributed by atoms with Crippen LogP contribution in [0.2, 0.25) is 0 Å². The second-order valence-electron chi connectivity index (χ2n) is 4.95. The Bertz CT molecular complexity index is 243. The molecule has 80 valence electrons. The molecule has 2 atom stereocenters. The fourth-order valence-electron chi connectivity index (χ4n) is 3.03. The third-order valence-electron chi connectivity index (χ3n) is 3.91. The Balaban J connectivity index is 1.97. The number of carbonyl (C=O) groups excluding carboxylic acids is 1. The summed E-state index contributed by atoms with van der Waals surface area (Å²) in [5.41, 5.74) is 0.436. The maximum Gasteiger partial charge on any atom is 0.219 e. The summed E-state index contributed by atoms with van der Waals surface area (Å²) in [6.07, 6.45) is 4.96. The number of likely N-dealkylation sites (tertiary alicyclic amines) is 1. The molecule has 0 aromatic rings. The van der Waals surface area contributed by atoms with Crippen molar-refractivity contribution in [3.63, 3.8) is 0 Å². The first kappa shape index (κ1) is 10.3. The van der Waals surface area contributed by atoms with Crippen LogP contribution in [0.5, 0.6) is 0 Å². The third kappa shape index (κ3) is 1.77. The number of hydrogen-bond donors (Lipinski definition) is 0. The van der Waals surface area contributed by atoms with Crippen molar-refractivity contribution in [2.24, 2.45) is 11.3 Å². The number of nitrogens with zero attached hydrogens (tertiary/aromatic N) is 1. The highest BCUT2D eigenvalue weighted by Crippen LogP contribution is 2.48. The molecule has 1 saturated heterocycles. The molecule has 1 aliphatic heterocycles. The minimum atomic E-state index is 0.233. The molecule has 14 heavy (non-hydrogen) atoms. The van der Waals surface area contributed by atoms with Crippen LogP contribution in [0.15, 0.2) is 0 Å². The molecule has 0 bridgehead atoms. The molecule has 2 aliphatic rings. The topological polar surface area (TPSA) is 20.3 Å². The zero-order valence-corrected chi connectivity index (χ0v) is 9.52. The van der Waals surface area contributed by atoms with E-state index in [1.54, 1.807) is 6.92 Å². The van der Waals surface area contributed by atoms with Gasteiger partial charge in [-0.3, -0.25) is 4.79 Å². The molecule has 2 rings (SSSR count). The first-order chi connectivity index (χ1) is 6.65. The number of halogens is 1. The SMILES string of the molecule is CC(=O)N1CC[C@]2(CC[C@@H](CCl)C2)C1. The van der Waals surface area contributed by atoms with Gasteiger partial charge in [0.05, 0.1) is 0 Å². The van der Waals surface area contributed by atoms with Crippen LogP contribution >= 0.6 is 11.6 Å². The van der Waals surface area contributed by atoms with Gasteiger partial charge < -0.3 is 4.90 Å². The van der Waals surface area contributed by atoms with Crippen LogP contribution in [0.4, 0.5) is 0 Å². The molecular weight excluding hydrogens is 198 g/mol. The summed E-state index contributed by atoms with van der Waals surface area (Å²) in [7, 11) is 0. The molecule has 1 saturated carbocycles. The van der Waals surface area contributed by atoms with Gasteiger partial charge in [-0.25, -0.2) is 0 Å². The maximum atomic E-state index is 11.2. The lowest BCUT2D eigenvalue weighted by molar-refractivity contribution is -0.128. The minimum absolute atomic E-state index is 0.233. The zero-order valence-electron chi connectivity index (χ0n) is 8.76. The molecule has 0 radical (unpaired) electrons. The summed E-state index contributed by atoms with van der Waals surface area (Å²) in [4.78, 5) is 13.2. The lowest BCUT2D eigenvalue weighted by Crippen LogP contribution is -2.29. The second kappa shape index (κ2) is 3.73. The van der Waals surface area contributed by atoms with E-state index in [4.69, 9.17) is 11.6 Å². The molecular formula is C11H18ClNO. The summed E-state index contributed by atoms with van der Waals surface area (Å²) >= 11 is 5.89. The Morgan fingerprint density at radius 2 is 2.36 bits per heavy atom. The Labute approximate surface area is 90.6 Å². The minimum Gasteiger partial charge on any atom is -0.342 e. The number of alkyl halides is 1. The average Bonchev–Trinajstić information content (AvgIpc) is 2.74. The summed E-state index contributed by atoms with van der Waals surface area (Å²) in [6, 6.07) is 0. The molecule has 0 N–H and O–H groups in total. The molecule has 1 aliphatic carbocycles. The molecule has 0 aromatic carbocycles. The van der Waals surface area contributed by atoms with Crippen LogP contribution < -0.4 is 0 Å². The van der Waals surface area contributed by atoms with E-state index in [-0.39, 0.29) is 5.91 Å². The smallest absolute Gasteiger partial charge is 0.219 e. The highest BCUT2D eigenvalue weighted by Gasteiger charge is 2.44. The Kier molecular flexibility index (Phi) is 2.74. The quantitative estimate of drug-likeness (QED) is 0.615. The van der Waals surface area contributed by atoms with E-state index in [1.165, 1.54) is 25.7 Å². The van der Waals surface area contributed by atoms with Crippen molar-refractivity contribution >= 4 is 17.5 Å². The number of hydrogen-bond acceptors (Lipinski definition) is 1. The maximum absolute atomic E-state index is 11.2. The van der Waals surface area contributed by atoms with E-state index in [2.05, 4.69) is 0 Å². The van der Waals surface area contributed by atoms with E-state index in [0.29, 0.717) is 11.3 Å². The highest BCUT2D eigenvalue weighted by atomic mass is 35.5. The van der Waals surface area contributed by atoms with Gasteiger partial charge in [-0.2, -0.15) is 0 Å². The van der Waals surface area contributed by atoms with Crippen molar-refractivity contribution in [2.45, 2.75) is 32.6 Å². The molecule has 0 aromatic heterocycles. The van der Waals surface area contributed by atoms with Crippen LogP contribution in [0.25, 0.3) is 0 Å². The molecule has 2 fully saturated rings. The molecule has 1 amide bonds. The van der Waals surface area contributed by atoms with E-state index in [9.17, 15) is 4.79 Å². The van der Waals surface area contributed by atoms with Gasteiger partial charge in [0.15, 0.2) is 0 Å². The van der Waals surface area contributed by atoms with Gasteiger partial charge >= 0.3 is 0 Å². The third-order valence-corrected chi connectivity index (χ3v) is 4.34. The second-order valence-corrected chi connectivity index (χ2v) is 5.26. The molecule has 2 nitrogen and oxygen atoms in total. The first-order valence-electron chi connectivity index (χ1n) is 5.47. The molecule has 3 heteroatoms. The van der Waals surface area contributed by atoms with Crippen molar-refractivity contribution in [2.75, 3.05) is 19.0 Å². The van der Waals surface area contributed by atoms with Gasteiger partial charge in [0.25, 0.3) is 0 Å². The fourth-order valence-corrected chi connectivity index (χ4v) is 3.30. The lowest BCUT2D eigenvalue weighted by Gasteiger charge is -2.23. The highest BCUT2D eigenvalue weighted by molar-refractivity contribution is 6.18. The van der Waals surface area contributed by atoms with Crippen LogP contribution in [0.3, 0.4) is 0 Å². The monoisotopic (exact) mass is 215 g/mol. The number of carbonyl (C=O) groups is 1. The Morgan fingerprint density at radius 1 is 1.57 bits per heavy atom. The Hall–Kier alpha value is -0.240. The van der Waals surface area contributed by atoms with E-state index in [1.807, 2.05) is 4.90 Å². The van der Waals surface area contributed by atoms with Gasteiger partial charge in [-0.1, -0.05) is 0 Å². The number of amides is 1. The summed E-state index contributed by atoms with van der Waals surface area (Å²) in [6.45, 7) is 3.62. The first-order valence-corrected chi connectivity index (χ1v) is 6.00. The fraction of sp³-hybridized carbons (Fsp3) is 0.909. The lowest BCUT2D eigenvalue weighted by atomic mass is 9.85. The van der Waals surface area contributed by atoms with Gasteiger partial charge in [0.1, 0.15) is 0 Å². The van der Waals surface area contributed by atoms with Crippen LogP contribution in [-0.2, 0) is 4.79 Å². The average molecular weight is 216 g/mol. The molecule has 1 heterocycles. The van der Waals surface area contributed by atoms with Gasteiger partial charge in [0.2, 0.25) is 5.91 Å². The van der Waals surface area contributed by atoms with Crippen molar-refractivity contribution < 1.29 is 4.79 Å². The van der Waals surface area contributed by atoms with E-state index in [0.717, 1.165) is 19.0 Å². The summed E-state index contributed by atoms with van der Waals surface area (Å²) in [5, 5.41) is 0.